The third-order valence-electron chi connectivity index (χ3n) is 3.60. The van der Waals surface area contributed by atoms with Gasteiger partial charge in [-0.1, -0.05) is 25.7 Å². The molecule has 0 aliphatic carbocycles. The van der Waals surface area contributed by atoms with Crippen LogP contribution in [0, 0.1) is 17.8 Å². The Morgan fingerprint density at radius 3 is 2.53 bits per heavy atom. The highest BCUT2D eigenvalue weighted by Gasteiger charge is 2.44. The molecule has 1 spiro atoms. The fourth-order valence-corrected chi connectivity index (χ4v) is 2.50. The lowest BCUT2D eigenvalue weighted by atomic mass is 9.78. The predicted molar refractivity (Wildman–Crippen MR) is 61.6 cm³/mol. The van der Waals surface area contributed by atoms with E-state index >= 15 is 0 Å². The number of hydrogen-bond donors (Lipinski definition) is 0. The van der Waals surface area contributed by atoms with E-state index in [4.69, 9.17) is 4.74 Å². The molecule has 0 bridgehead atoms. The molecule has 0 saturated carbocycles. The van der Waals surface area contributed by atoms with E-state index in [9.17, 15) is 0 Å². The smallest absolute Gasteiger partial charge is 0.0606 e. The van der Waals surface area contributed by atoms with Gasteiger partial charge in [0, 0.05) is 31.2 Å². The molecule has 2 rings (SSSR count). The summed E-state index contributed by atoms with van der Waals surface area (Å²) in [6.45, 7) is 8.35. The zero-order chi connectivity index (χ0) is 10.7. The molecule has 15 heavy (non-hydrogen) atoms. The summed E-state index contributed by atoms with van der Waals surface area (Å²) in [5.74, 6) is 7.03. The van der Waals surface area contributed by atoms with Crippen molar-refractivity contribution in [3.05, 3.63) is 0 Å². The Kier molecular flexibility index (Phi) is 3.33. The molecule has 2 saturated heterocycles. The van der Waals surface area contributed by atoms with E-state index in [1.165, 1.54) is 25.8 Å². The van der Waals surface area contributed by atoms with E-state index in [2.05, 4.69) is 30.6 Å². The topological polar surface area (TPSA) is 12.5 Å². The summed E-state index contributed by atoms with van der Waals surface area (Å²) in [6.07, 6.45) is 3.76. The van der Waals surface area contributed by atoms with Crippen LogP contribution in [0.5, 0.6) is 0 Å². The monoisotopic (exact) mass is 207 g/mol. The second-order valence-corrected chi connectivity index (χ2v) is 4.98. The van der Waals surface area contributed by atoms with Crippen LogP contribution in [-0.2, 0) is 4.74 Å². The minimum absolute atomic E-state index is 0.462. The maximum atomic E-state index is 5.43. The van der Waals surface area contributed by atoms with E-state index < -0.39 is 0 Å². The van der Waals surface area contributed by atoms with Crippen LogP contribution in [0.15, 0.2) is 0 Å². The van der Waals surface area contributed by atoms with Gasteiger partial charge in [0.25, 0.3) is 0 Å². The molecule has 0 unspecified atom stereocenters. The highest BCUT2D eigenvalue weighted by Crippen LogP contribution is 2.38. The summed E-state index contributed by atoms with van der Waals surface area (Å²) in [6, 6.07) is 0. The van der Waals surface area contributed by atoms with Gasteiger partial charge in [0.2, 0.25) is 0 Å². The van der Waals surface area contributed by atoms with Gasteiger partial charge in [-0.3, -0.25) is 4.90 Å². The summed E-state index contributed by atoms with van der Waals surface area (Å²) in [5.41, 5.74) is 0.462. The SMILES string of the molecule is CC(C)C#CCN1CCC12CCOCC2. The Balaban J connectivity index is 1.86. The van der Waals surface area contributed by atoms with Crippen LogP contribution in [0.25, 0.3) is 0 Å². The normalized spacial score (nSPS) is 24.7. The highest BCUT2D eigenvalue weighted by molar-refractivity contribution is 5.09. The summed E-state index contributed by atoms with van der Waals surface area (Å²) in [5, 5.41) is 0. The predicted octanol–water partition coefficient (Wildman–Crippen LogP) is 1.90. The standard InChI is InChI=1S/C13H21NO/c1-12(2)4-3-8-14-9-5-13(14)6-10-15-11-7-13/h12H,5-11H2,1-2H3. The first-order chi connectivity index (χ1) is 7.23. The number of rotatable bonds is 1. The zero-order valence-corrected chi connectivity index (χ0v) is 9.88. The lowest BCUT2D eigenvalue weighted by Gasteiger charge is -2.54. The third-order valence-corrected chi connectivity index (χ3v) is 3.60. The highest BCUT2D eigenvalue weighted by atomic mass is 16.5. The molecule has 0 aromatic heterocycles. The van der Waals surface area contributed by atoms with Gasteiger partial charge in [-0.15, -0.1) is 0 Å². The number of hydrogen-bond acceptors (Lipinski definition) is 2. The molecule has 2 fully saturated rings. The van der Waals surface area contributed by atoms with Gasteiger partial charge in [-0.25, -0.2) is 0 Å². The average molecular weight is 207 g/mol. The number of ether oxygens (including phenoxy) is 1. The van der Waals surface area contributed by atoms with Crippen LogP contribution in [-0.4, -0.2) is 36.7 Å². The van der Waals surface area contributed by atoms with E-state index in [-0.39, 0.29) is 0 Å². The average Bonchev–Trinajstić information content (AvgIpc) is 2.24. The van der Waals surface area contributed by atoms with E-state index in [1.54, 1.807) is 0 Å². The van der Waals surface area contributed by atoms with Crippen LogP contribution in [0.1, 0.15) is 33.1 Å². The minimum Gasteiger partial charge on any atom is -0.381 e. The van der Waals surface area contributed by atoms with Gasteiger partial charge in [0.15, 0.2) is 0 Å². The first kappa shape index (κ1) is 11.0. The van der Waals surface area contributed by atoms with Crippen LogP contribution in [0.4, 0.5) is 0 Å². The first-order valence-corrected chi connectivity index (χ1v) is 6.04. The van der Waals surface area contributed by atoms with Crippen LogP contribution >= 0.6 is 0 Å². The first-order valence-electron chi connectivity index (χ1n) is 6.04. The van der Waals surface area contributed by atoms with Crippen molar-refractivity contribution in [2.75, 3.05) is 26.3 Å². The van der Waals surface area contributed by atoms with Crippen molar-refractivity contribution >= 4 is 0 Å². The Morgan fingerprint density at radius 1 is 1.27 bits per heavy atom. The zero-order valence-electron chi connectivity index (χ0n) is 9.88. The van der Waals surface area contributed by atoms with E-state index in [0.717, 1.165) is 19.8 Å². The number of nitrogens with zero attached hydrogens (tertiary/aromatic N) is 1. The lowest BCUT2D eigenvalue weighted by Crippen LogP contribution is -2.62. The third kappa shape index (κ3) is 2.35. The Morgan fingerprint density at radius 2 is 2.00 bits per heavy atom. The molecule has 2 aliphatic rings. The van der Waals surface area contributed by atoms with Crippen molar-refractivity contribution in [2.45, 2.75) is 38.6 Å². The van der Waals surface area contributed by atoms with Crippen molar-refractivity contribution in [2.24, 2.45) is 5.92 Å². The Hall–Kier alpha value is -0.520. The van der Waals surface area contributed by atoms with Crippen LogP contribution in [0.2, 0.25) is 0 Å². The van der Waals surface area contributed by atoms with Gasteiger partial charge in [0.05, 0.1) is 6.54 Å². The molecule has 0 aromatic carbocycles. The molecule has 0 radical (unpaired) electrons. The van der Waals surface area contributed by atoms with Crippen molar-refractivity contribution in [1.29, 1.82) is 0 Å². The van der Waals surface area contributed by atoms with Gasteiger partial charge in [0.1, 0.15) is 0 Å². The van der Waals surface area contributed by atoms with Crippen molar-refractivity contribution < 1.29 is 4.74 Å². The molecule has 2 heteroatoms. The maximum absolute atomic E-state index is 5.43. The molecule has 0 atom stereocenters. The molecule has 0 N–H and O–H groups in total. The summed E-state index contributed by atoms with van der Waals surface area (Å²) in [4.78, 5) is 2.55. The van der Waals surface area contributed by atoms with E-state index in [0.29, 0.717) is 11.5 Å². The molecular weight excluding hydrogens is 186 g/mol. The van der Waals surface area contributed by atoms with Gasteiger partial charge in [-0.2, -0.15) is 0 Å². The fraction of sp³-hybridized carbons (Fsp3) is 0.846. The van der Waals surface area contributed by atoms with Crippen molar-refractivity contribution in [3.63, 3.8) is 0 Å². The molecule has 2 aliphatic heterocycles. The largest absolute Gasteiger partial charge is 0.381 e. The lowest BCUT2D eigenvalue weighted by molar-refractivity contribution is -0.0823. The summed E-state index contributed by atoms with van der Waals surface area (Å²) >= 11 is 0. The summed E-state index contributed by atoms with van der Waals surface area (Å²) < 4.78 is 5.43. The minimum atomic E-state index is 0.462. The summed E-state index contributed by atoms with van der Waals surface area (Å²) in [7, 11) is 0. The fourth-order valence-electron chi connectivity index (χ4n) is 2.50. The van der Waals surface area contributed by atoms with Gasteiger partial charge < -0.3 is 4.74 Å². The molecule has 0 amide bonds. The molecule has 0 aromatic rings. The second kappa shape index (κ2) is 4.55. The number of likely N-dealkylation sites (tertiary alicyclic amines) is 1. The maximum Gasteiger partial charge on any atom is 0.0606 e. The van der Waals surface area contributed by atoms with Crippen molar-refractivity contribution in [1.82, 2.24) is 4.90 Å². The van der Waals surface area contributed by atoms with Gasteiger partial charge in [-0.05, 0) is 19.3 Å². The van der Waals surface area contributed by atoms with E-state index in [1.807, 2.05) is 0 Å². The second-order valence-electron chi connectivity index (χ2n) is 4.98. The quantitative estimate of drug-likeness (QED) is 0.609. The molecular formula is C13H21NO. The Labute approximate surface area is 93.0 Å². The van der Waals surface area contributed by atoms with Crippen LogP contribution < -0.4 is 0 Å². The molecule has 84 valence electrons. The molecule has 2 nitrogen and oxygen atoms in total. The van der Waals surface area contributed by atoms with Crippen LogP contribution in [0.3, 0.4) is 0 Å². The molecule has 2 heterocycles. The van der Waals surface area contributed by atoms with Gasteiger partial charge >= 0.3 is 0 Å². The Bertz CT molecular complexity index is 268. The van der Waals surface area contributed by atoms with Crippen molar-refractivity contribution in [3.8, 4) is 11.8 Å².